The predicted octanol–water partition coefficient (Wildman–Crippen LogP) is 6.09. The van der Waals surface area contributed by atoms with Gasteiger partial charge in [0.05, 0.1) is 0 Å². The Bertz CT molecular complexity index is 1360. The molecule has 0 radical (unpaired) electrons. The van der Waals surface area contributed by atoms with Crippen LogP contribution in [-0.4, -0.2) is 32.1 Å². The Balaban J connectivity index is 1.71. The molecule has 13 heteroatoms. The Morgan fingerprint density at radius 3 is 2.18 bits per heavy atom. The molecule has 200 valence electrons. The maximum atomic E-state index is 15.2. The molecule has 1 fully saturated rings. The number of aldehydes is 1. The minimum atomic E-state index is -3.17. The monoisotopic (exact) mass is 602 g/mol. The number of nitrogens with zero attached hydrogens (tertiary/aromatic N) is 1. The van der Waals surface area contributed by atoms with Crippen molar-refractivity contribution in [2.45, 2.75) is 24.8 Å². The molecule has 2 atom stereocenters. The van der Waals surface area contributed by atoms with Gasteiger partial charge in [0.25, 0.3) is 6.02 Å². The Kier molecular flexibility index (Phi) is 8.14. The highest BCUT2D eigenvalue weighted by Gasteiger charge is 2.44. The van der Waals surface area contributed by atoms with Gasteiger partial charge in [-0.05, 0) is 42.0 Å². The van der Waals surface area contributed by atoms with Crippen LogP contribution in [0.25, 0.3) is 0 Å². The molecule has 38 heavy (non-hydrogen) atoms. The molecule has 4 rings (SSSR count). The number of halogens is 7. The lowest BCUT2D eigenvalue weighted by atomic mass is 9.83. The quantitative estimate of drug-likeness (QED) is 0.237. The van der Waals surface area contributed by atoms with Gasteiger partial charge in [0.2, 0.25) is 0 Å². The fourth-order valence-electron chi connectivity index (χ4n) is 3.95. The van der Waals surface area contributed by atoms with Gasteiger partial charge in [0.15, 0.2) is 0 Å². The van der Waals surface area contributed by atoms with E-state index in [0.29, 0.717) is 22.4 Å². The largest absolute Gasteiger partial charge is 0.462 e. The first-order chi connectivity index (χ1) is 18.1. The second kappa shape index (κ2) is 11.3. The predicted molar refractivity (Wildman–Crippen MR) is 126 cm³/mol. The molecule has 3 aromatic carbocycles. The van der Waals surface area contributed by atoms with E-state index in [9.17, 15) is 26.7 Å². The molecule has 3 aromatic rings. The Morgan fingerprint density at radius 1 is 0.947 bits per heavy atom. The number of nitrogens with one attached hydrogen (secondary N) is 1. The normalized spacial score (nSPS) is 18.8. The molecule has 1 aliphatic rings. The lowest BCUT2D eigenvalue weighted by Crippen LogP contribution is -2.43. The number of rotatable bonds is 9. The number of aliphatic imine (C=N–C) groups is 1. The minimum absolute atomic E-state index is 0.00949. The molecule has 0 aromatic heterocycles. The van der Waals surface area contributed by atoms with Crippen LogP contribution in [0.3, 0.4) is 0 Å². The highest BCUT2D eigenvalue weighted by atomic mass is 79.9. The highest BCUT2D eigenvalue weighted by Crippen LogP contribution is 2.38. The summed E-state index contributed by atoms with van der Waals surface area (Å²) in [5, 5.41) is 2.93. The van der Waals surface area contributed by atoms with Crippen LogP contribution in [0.4, 0.5) is 26.3 Å². The number of amidine groups is 1. The topological polar surface area (TPSA) is 69.2 Å². The molecule has 0 amide bonds. The summed E-state index contributed by atoms with van der Waals surface area (Å²) in [5.41, 5.74) is -1.21. The molecule has 1 heterocycles. The zero-order valence-electron chi connectivity index (χ0n) is 19.0. The van der Waals surface area contributed by atoms with Crippen molar-refractivity contribution in [3.8, 4) is 11.5 Å². The number of carbonyl (C=O) groups is 1. The second-order valence-electron chi connectivity index (χ2n) is 7.93. The first kappa shape index (κ1) is 27.3. The van der Waals surface area contributed by atoms with Crippen molar-refractivity contribution in [1.29, 1.82) is 0 Å². The van der Waals surface area contributed by atoms with Crippen molar-refractivity contribution in [1.82, 2.24) is 5.32 Å². The molecule has 0 aliphatic carbocycles. The fraction of sp³-hybridized carbons (Fsp3) is 0.200. The summed E-state index contributed by atoms with van der Waals surface area (Å²) < 4.78 is 94.5. The Hall–Kier alpha value is -3.74. The van der Waals surface area contributed by atoms with Crippen LogP contribution in [0.1, 0.15) is 22.7 Å². The van der Waals surface area contributed by atoms with Gasteiger partial charge in [-0.15, -0.1) is 0 Å². The molecular formula is C25H17BrF6N2O4. The average molecular weight is 603 g/mol. The van der Waals surface area contributed by atoms with Gasteiger partial charge in [0, 0.05) is 27.7 Å². The third kappa shape index (κ3) is 5.87. The van der Waals surface area contributed by atoms with Crippen molar-refractivity contribution in [2.24, 2.45) is 4.99 Å². The van der Waals surface area contributed by atoms with Gasteiger partial charge in [-0.3, -0.25) is 0 Å². The van der Waals surface area contributed by atoms with E-state index >= 15 is 4.39 Å². The van der Waals surface area contributed by atoms with Crippen molar-refractivity contribution >= 4 is 28.2 Å². The van der Waals surface area contributed by atoms with Crippen molar-refractivity contribution < 1.29 is 45.3 Å². The first-order valence-corrected chi connectivity index (χ1v) is 11.6. The SMILES string of the molecule is O=CC(N=C1NC(c2cccc(Br)c2)(c2ccc(OC(F)F)cc2F)CO1)c1ccc(OC(F)F)cc1F. The molecule has 6 nitrogen and oxygen atoms in total. The second-order valence-corrected chi connectivity index (χ2v) is 8.84. The number of hydrogen-bond donors (Lipinski definition) is 1. The van der Waals surface area contributed by atoms with E-state index in [4.69, 9.17) is 4.74 Å². The van der Waals surface area contributed by atoms with Gasteiger partial charge in [-0.1, -0.05) is 28.1 Å². The van der Waals surface area contributed by atoms with Gasteiger partial charge in [-0.2, -0.15) is 17.6 Å². The van der Waals surface area contributed by atoms with Crippen molar-refractivity contribution in [3.63, 3.8) is 0 Å². The van der Waals surface area contributed by atoms with E-state index < -0.39 is 47.9 Å². The van der Waals surface area contributed by atoms with E-state index in [1.807, 2.05) is 0 Å². The van der Waals surface area contributed by atoms with Gasteiger partial charge < -0.3 is 24.3 Å². The number of ether oxygens (including phenoxy) is 3. The molecule has 0 saturated carbocycles. The number of hydrogen-bond acceptors (Lipinski definition) is 5. The van der Waals surface area contributed by atoms with Crippen LogP contribution in [0.5, 0.6) is 11.5 Å². The van der Waals surface area contributed by atoms with E-state index in [0.717, 1.165) is 24.3 Å². The smallest absolute Gasteiger partial charge is 0.387 e. The molecule has 1 aliphatic heterocycles. The minimum Gasteiger partial charge on any atom is -0.462 e. The van der Waals surface area contributed by atoms with Crippen LogP contribution in [0.2, 0.25) is 0 Å². The van der Waals surface area contributed by atoms with Gasteiger partial charge in [-0.25, -0.2) is 13.8 Å². The molecule has 0 bridgehead atoms. The van der Waals surface area contributed by atoms with E-state index in [-0.39, 0.29) is 23.8 Å². The number of carbonyl (C=O) groups excluding carboxylic acids is 1. The molecule has 1 saturated heterocycles. The van der Waals surface area contributed by atoms with Gasteiger partial charge in [0.1, 0.15) is 47.6 Å². The van der Waals surface area contributed by atoms with E-state index in [1.165, 1.54) is 6.07 Å². The maximum Gasteiger partial charge on any atom is 0.387 e. The van der Waals surface area contributed by atoms with E-state index in [1.54, 1.807) is 24.3 Å². The van der Waals surface area contributed by atoms with Crippen LogP contribution in [0, 0.1) is 11.6 Å². The molecular weight excluding hydrogens is 586 g/mol. The maximum absolute atomic E-state index is 15.2. The Labute approximate surface area is 220 Å². The van der Waals surface area contributed by atoms with Crippen LogP contribution in [0.15, 0.2) is 70.1 Å². The summed E-state index contributed by atoms with van der Waals surface area (Å²) in [4.78, 5) is 15.9. The molecule has 0 spiro atoms. The first-order valence-electron chi connectivity index (χ1n) is 10.8. The van der Waals surface area contributed by atoms with Crippen LogP contribution >= 0.6 is 15.9 Å². The third-order valence-corrected chi connectivity index (χ3v) is 6.08. The number of benzene rings is 3. The van der Waals surface area contributed by atoms with E-state index in [2.05, 4.69) is 35.7 Å². The Morgan fingerprint density at radius 2 is 1.61 bits per heavy atom. The zero-order valence-corrected chi connectivity index (χ0v) is 20.6. The summed E-state index contributed by atoms with van der Waals surface area (Å²) in [6, 6.07) is 11.0. The van der Waals surface area contributed by atoms with Crippen LogP contribution in [-0.2, 0) is 15.1 Å². The average Bonchev–Trinajstić information content (AvgIpc) is 3.27. The standard InChI is InChI=1S/C25H17BrF6N2O4/c26-14-3-1-2-13(8-14)25(18-7-5-16(10-20(18)28)38-23(31)32)12-36-24(34-25)33-21(11-35)17-6-4-15(9-19(17)27)37-22(29)30/h1-11,21-23H,12H2,(H,33,34). The number of alkyl halides is 4. The third-order valence-electron chi connectivity index (χ3n) is 5.59. The van der Waals surface area contributed by atoms with Crippen LogP contribution < -0.4 is 14.8 Å². The summed E-state index contributed by atoms with van der Waals surface area (Å²) in [6.45, 7) is -6.56. The summed E-state index contributed by atoms with van der Waals surface area (Å²) in [6.07, 6.45) is 0.306. The van der Waals surface area contributed by atoms with Crippen molar-refractivity contribution in [2.75, 3.05) is 6.61 Å². The molecule has 1 N–H and O–H groups in total. The summed E-state index contributed by atoms with van der Waals surface area (Å²) in [5.74, 6) is -2.76. The zero-order chi connectivity index (χ0) is 27.4. The van der Waals surface area contributed by atoms with Crippen molar-refractivity contribution in [3.05, 3.63) is 93.5 Å². The highest BCUT2D eigenvalue weighted by molar-refractivity contribution is 9.10. The van der Waals surface area contributed by atoms with Gasteiger partial charge >= 0.3 is 13.2 Å². The summed E-state index contributed by atoms with van der Waals surface area (Å²) in [7, 11) is 0. The lowest BCUT2D eigenvalue weighted by molar-refractivity contribution is -0.109. The lowest BCUT2D eigenvalue weighted by Gasteiger charge is -2.29. The fourth-order valence-corrected chi connectivity index (χ4v) is 4.35. The summed E-state index contributed by atoms with van der Waals surface area (Å²) >= 11 is 3.35. The molecule has 2 unspecified atom stereocenters.